The van der Waals surface area contributed by atoms with Crippen molar-refractivity contribution in [3.05, 3.63) is 65.2 Å². The van der Waals surface area contributed by atoms with Crippen LogP contribution in [0.3, 0.4) is 0 Å². The average Bonchev–Trinajstić information content (AvgIpc) is 2.61. The topological polar surface area (TPSA) is 118 Å². The average molecular weight is 405 g/mol. The molecule has 1 aliphatic rings. The summed E-state index contributed by atoms with van der Waals surface area (Å²) in [6.45, 7) is 1.88. The van der Waals surface area contributed by atoms with Crippen molar-refractivity contribution in [2.45, 2.75) is 11.8 Å². The Balaban J connectivity index is 0.00000225. The molecule has 0 saturated carbocycles. The number of hydrogen-bond acceptors (Lipinski definition) is 5. The van der Waals surface area contributed by atoms with Crippen LogP contribution >= 0.6 is 0 Å². The Morgan fingerprint density at radius 2 is 1.57 bits per heavy atom. The van der Waals surface area contributed by atoms with Gasteiger partial charge in [0.2, 0.25) is 0 Å². The minimum atomic E-state index is -4.65. The first kappa shape index (κ1) is 20.5. The van der Waals surface area contributed by atoms with Crippen LogP contribution in [-0.4, -0.2) is 54.3 Å². The third-order valence-corrected chi connectivity index (χ3v) is 5.50. The van der Waals surface area contributed by atoms with E-state index >= 15 is 0 Å². The number of imide groups is 1. The number of amides is 2. The van der Waals surface area contributed by atoms with Gasteiger partial charge >= 0.3 is 0 Å². The first-order valence-electron chi connectivity index (χ1n) is 7.98. The van der Waals surface area contributed by atoms with Crippen molar-refractivity contribution in [1.82, 2.24) is 0 Å². The third-order valence-electron chi connectivity index (χ3n) is 4.60. The quantitative estimate of drug-likeness (QED) is 0.293. The number of nitrogen functional groups attached to an aromatic ring is 1. The number of nitrogens with two attached hydrogens (primary N) is 1. The Morgan fingerprint density at radius 3 is 2.18 bits per heavy atom. The van der Waals surface area contributed by atoms with E-state index in [9.17, 15) is 22.6 Å². The second-order valence-corrected chi connectivity index (χ2v) is 7.71. The summed E-state index contributed by atoms with van der Waals surface area (Å²) in [5.41, 5.74) is 7.24. The molecule has 0 spiro atoms. The summed E-state index contributed by atoms with van der Waals surface area (Å²) in [5.74, 6) is -1.21. The molecular weight excluding hydrogens is 391 g/mol. The Kier molecular flexibility index (Phi) is 5.11. The molecule has 0 atom stereocenters. The Morgan fingerprint density at radius 1 is 0.964 bits per heavy atom. The minimum absolute atomic E-state index is 0. The van der Waals surface area contributed by atoms with Gasteiger partial charge in [0.25, 0.3) is 21.9 Å². The maximum atomic E-state index is 13.1. The van der Waals surface area contributed by atoms with E-state index in [4.69, 9.17) is 5.73 Å². The molecule has 4 rings (SSSR count). The van der Waals surface area contributed by atoms with Crippen LogP contribution in [0.2, 0.25) is 0 Å². The van der Waals surface area contributed by atoms with Crippen molar-refractivity contribution in [2.75, 3.05) is 10.6 Å². The number of nitrogens with zero attached hydrogens (tertiary/aromatic N) is 1. The molecule has 1 radical (unpaired) electrons. The smallest absolute Gasteiger partial charge is 0.296 e. The maximum absolute atomic E-state index is 13.1. The van der Waals surface area contributed by atoms with Gasteiger partial charge in [0.15, 0.2) is 0 Å². The molecule has 0 bridgehead atoms. The molecule has 1 aliphatic heterocycles. The molecule has 0 aliphatic carbocycles. The molecule has 3 aromatic rings. The molecule has 2 amide bonds. The van der Waals surface area contributed by atoms with Crippen molar-refractivity contribution < 1.29 is 22.6 Å². The van der Waals surface area contributed by atoms with E-state index in [1.807, 2.05) is 6.92 Å². The fourth-order valence-electron chi connectivity index (χ4n) is 3.30. The van der Waals surface area contributed by atoms with Gasteiger partial charge in [0.1, 0.15) is 4.90 Å². The van der Waals surface area contributed by atoms with E-state index in [0.29, 0.717) is 5.69 Å². The van der Waals surface area contributed by atoms with Crippen LogP contribution in [0.5, 0.6) is 0 Å². The zero-order chi connectivity index (χ0) is 19.5. The minimum Gasteiger partial charge on any atom is -0.397 e. The number of benzene rings is 3. The van der Waals surface area contributed by atoms with E-state index in [1.54, 1.807) is 36.4 Å². The zero-order valence-corrected chi connectivity index (χ0v) is 17.9. The molecular formula is C19H14N2NaO5S. The van der Waals surface area contributed by atoms with Crippen LogP contribution in [0.15, 0.2) is 53.4 Å². The number of carbonyl (C=O) groups is 2. The predicted molar refractivity (Wildman–Crippen MR) is 106 cm³/mol. The van der Waals surface area contributed by atoms with Gasteiger partial charge in [-0.15, -0.1) is 0 Å². The van der Waals surface area contributed by atoms with Crippen molar-refractivity contribution in [3.8, 4) is 0 Å². The van der Waals surface area contributed by atoms with Gasteiger partial charge in [-0.25, -0.2) is 4.90 Å². The Bertz CT molecular complexity index is 1250. The van der Waals surface area contributed by atoms with Crippen LogP contribution < -0.4 is 10.6 Å². The monoisotopic (exact) mass is 405 g/mol. The number of anilines is 2. The fraction of sp³-hybridized carbons (Fsp3) is 0.0526. The van der Waals surface area contributed by atoms with Gasteiger partial charge in [0.05, 0.1) is 16.9 Å². The van der Waals surface area contributed by atoms with Gasteiger partial charge in [-0.2, -0.15) is 8.42 Å². The molecule has 0 fully saturated rings. The van der Waals surface area contributed by atoms with Crippen LogP contribution in [0, 0.1) is 6.92 Å². The van der Waals surface area contributed by atoms with Gasteiger partial charge in [-0.3, -0.25) is 14.1 Å². The van der Waals surface area contributed by atoms with Gasteiger partial charge < -0.3 is 5.73 Å². The number of carbonyl (C=O) groups excluding carboxylic acids is 2. The second-order valence-electron chi connectivity index (χ2n) is 6.32. The molecule has 3 aromatic carbocycles. The summed E-state index contributed by atoms with van der Waals surface area (Å²) < 4.78 is 32.9. The zero-order valence-electron chi connectivity index (χ0n) is 15.1. The molecule has 7 nitrogen and oxygen atoms in total. The molecule has 0 unspecified atom stereocenters. The molecule has 0 saturated heterocycles. The van der Waals surface area contributed by atoms with Crippen molar-refractivity contribution >= 4 is 73.6 Å². The fourth-order valence-corrected chi connectivity index (χ4v) is 3.96. The van der Waals surface area contributed by atoms with Crippen molar-refractivity contribution in [1.29, 1.82) is 0 Å². The third kappa shape index (κ3) is 3.03. The van der Waals surface area contributed by atoms with E-state index in [0.717, 1.165) is 16.5 Å². The normalized spacial score (nSPS) is 13.6. The molecule has 3 N–H and O–H groups in total. The van der Waals surface area contributed by atoms with Crippen LogP contribution in [0.4, 0.5) is 11.4 Å². The predicted octanol–water partition coefficient (Wildman–Crippen LogP) is 2.40. The summed E-state index contributed by atoms with van der Waals surface area (Å²) in [4.78, 5) is 26.5. The SMILES string of the molecule is Cc1ccc(N2C(=O)c3cccc4c(N)c(S(=O)(=O)O)cc(c34)C2=O)cc1.[Na]. The van der Waals surface area contributed by atoms with Crippen LogP contribution in [-0.2, 0) is 10.1 Å². The Hall–Kier alpha value is -2.23. The standard InChI is InChI=1S/C19H14N2O5S.Na/c1-10-5-7-11(8-6-10)21-18(22)13-4-2-3-12-16(13)14(19(21)23)9-15(17(12)20)27(24,25)26;/h2-9H,20H2,1H3,(H,24,25,26);. The van der Waals surface area contributed by atoms with Gasteiger partial charge in [-0.1, -0.05) is 29.8 Å². The second kappa shape index (κ2) is 6.98. The summed E-state index contributed by atoms with van der Waals surface area (Å²) in [6.07, 6.45) is 0. The summed E-state index contributed by atoms with van der Waals surface area (Å²) in [5, 5.41) is 0.503. The molecule has 137 valence electrons. The van der Waals surface area contributed by atoms with Crippen LogP contribution in [0.25, 0.3) is 10.8 Å². The first-order chi connectivity index (χ1) is 12.7. The largest absolute Gasteiger partial charge is 0.397 e. The van der Waals surface area contributed by atoms with Gasteiger partial charge in [0, 0.05) is 45.9 Å². The molecule has 1 heterocycles. The summed E-state index contributed by atoms with van der Waals surface area (Å²) >= 11 is 0. The molecule has 28 heavy (non-hydrogen) atoms. The summed E-state index contributed by atoms with van der Waals surface area (Å²) in [7, 11) is -4.65. The van der Waals surface area contributed by atoms with Crippen molar-refractivity contribution in [2.24, 2.45) is 0 Å². The summed E-state index contributed by atoms with van der Waals surface area (Å²) in [6, 6.07) is 12.4. The number of rotatable bonds is 2. The first-order valence-corrected chi connectivity index (χ1v) is 9.42. The number of hydrogen-bond donors (Lipinski definition) is 2. The van der Waals surface area contributed by atoms with E-state index in [-0.39, 0.29) is 57.1 Å². The maximum Gasteiger partial charge on any atom is 0.296 e. The van der Waals surface area contributed by atoms with Gasteiger partial charge in [-0.05, 0) is 31.2 Å². The van der Waals surface area contributed by atoms with E-state index in [1.165, 1.54) is 6.07 Å². The Labute approximate surface area is 183 Å². The number of aryl methyl sites for hydroxylation is 1. The van der Waals surface area contributed by atoms with E-state index in [2.05, 4.69) is 0 Å². The van der Waals surface area contributed by atoms with Crippen molar-refractivity contribution in [3.63, 3.8) is 0 Å². The molecule has 0 aromatic heterocycles. The van der Waals surface area contributed by atoms with Crippen LogP contribution in [0.1, 0.15) is 26.3 Å². The van der Waals surface area contributed by atoms with E-state index < -0.39 is 26.8 Å². The molecule has 9 heteroatoms.